The van der Waals surface area contributed by atoms with E-state index in [1.54, 1.807) is 0 Å². The lowest BCUT2D eigenvalue weighted by Crippen LogP contribution is -2.04. The predicted molar refractivity (Wildman–Crippen MR) is 291 cm³/mol. The van der Waals surface area contributed by atoms with Gasteiger partial charge in [0.05, 0.1) is 45.1 Å². The first-order valence-electron chi connectivity index (χ1n) is 23.9. The summed E-state index contributed by atoms with van der Waals surface area (Å²) < 4.78 is 18.1. The Morgan fingerprint density at radius 2 is 0.833 bits per heavy atom. The second-order valence-electron chi connectivity index (χ2n) is 18.1. The number of furan rings is 2. The molecular formula is C64H36N6O2. The summed E-state index contributed by atoms with van der Waals surface area (Å²) in [6.07, 6.45) is 0. The van der Waals surface area contributed by atoms with Crippen LogP contribution in [0.3, 0.4) is 0 Å². The summed E-state index contributed by atoms with van der Waals surface area (Å²) in [5.74, 6) is 1.63. The molecule has 334 valence electrons. The lowest BCUT2D eigenvalue weighted by molar-refractivity contribution is 0.672. The van der Waals surface area contributed by atoms with Crippen LogP contribution in [0.4, 0.5) is 5.69 Å². The van der Waals surface area contributed by atoms with Crippen molar-refractivity contribution in [2.45, 2.75) is 0 Å². The smallest absolute Gasteiger partial charge is 0.197 e. The molecule has 0 radical (unpaired) electrons. The lowest BCUT2D eigenvalue weighted by Gasteiger charge is -2.21. The van der Waals surface area contributed by atoms with Crippen LogP contribution in [0.5, 0.6) is 0 Å². The highest BCUT2D eigenvalue weighted by Crippen LogP contribution is 2.48. The van der Waals surface area contributed by atoms with E-state index in [4.69, 9.17) is 30.4 Å². The van der Waals surface area contributed by atoms with Crippen LogP contribution in [0.1, 0.15) is 0 Å². The van der Waals surface area contributed by atoms with Gasteiger partial charge in [-0.3, -0.25) is 0 Å². The van der Waals surface area contributed by atoms with Gasteiger partial charge in [-0.15, -0.1) is 0 Å². The van der Waals surface area contributed by atoms with Crippen LogP contribution in [0, 0.1) is 6.57 Å². The van der Waals surface area contributed by atoms with Crippen LogP contribution in [-0.4, -0.2) is 24.1 Å². The van der Waals surface area contributed by atoms with Gasteiger partial charge in [-0.25, -0.2) is 19.8 Å². The summed E-state index contributed by atoms with van der Waals surface area (Å²) in [4.78, 5) is 19.8. The van der Waals surface area contributed by atoms with Gasteiger partial charge in [-0.05, 0) is 78.4 Å². The quantitative estimate of drug-likeness (QED) is 0.155. The topological polar surface area (TPSA) is 79.2 Å². The molecule has 0 amide bonds. The van der Waals surface area contributed by atoms with Crippen molar-refractivity contribution in [1.29, 1.82) is 0 Å². The SMILES string of the molecule is [C-]#[N+]c1cccc(-n2c3ccccc3c3c4oc5ccccc5c4ccc32)c1-c1cc(-c2nc(-c3ccccc3)nc(-c3ccccc3)n2)ccc1-n1c2ccccc2c2c3oc4ccccc4c3ccc21. The van der Waals surface area contributed by atoms with E-state index in [0.29, 0.717) is 23.2 Å². The van der Waals surface area contributed by atoms with Gasteiger partial charge in [0.1, 0.15) is 22.3 Å². The molecule has 0 saturated heterocycles. The normalized spacial score (nSPS) is 11.9. The molecule has 8 nitrogen and oxygen atoms in total. The molecule has 0 aliphatic carbocycles. The van der Waals surface area contributed by atoms with Gasteiger partial charge in [0.25, 0.3) is 0 Å². The van der Waals surface area contributed by atoms with E-state index >= 15 is 0 Å². The Hall–Kier alpha value is -10.1. The molecule has 0 saturated carbocycles. The number of fused-ring (bicyclic) bond motifs is 14. The molecular weight excluding hydrogens is 885 g/mol. The summed E-state index contributed by atoms with van der Waals surface area (Å²) in [5.41, 5.74) is 13.6. The van der Waals surface area contributed by atoms with Gasteiger partial charge in [-0.1, -0.05) is 146 Å². The van der Waals surface area contributed by atoms with Crippen molar-refractivity contribution in [2.75, 3.05) is 0 Å². The number of aromatic nitrogens is 5. The molecule has 10 aromatic carbocycles. The zero-order valence-corrected chi connectivity index (χ0v) is 38.3. The van der Waals surface area contributed by atoms with Crippen molar-refractivity contribution in [3.8, 4) is 56.7 Å². The molecule has 72 heavy (non-hydrogen) atoms. The zero-order valence-electron chi connectivity index (χ0n) is 38.3. The molecule has 5 heterocycles. The van der Waals surface area contributed by atoms with E-state index in [1.807, 2.05) is 97.1 Å². The van der Waals surface area contributed by atoms with E-state index in [2.05, 4.69) is 135 Å². The Morgan fingerprint density at radius 1 is 0.361 bits per heavy atom. The Morgan fingerprint density at radius 3 is 1.38 bits per heavy atom. The van der Waals surface area contributed by atoms with Gasteiger partial charge < -0.3 is 18.0 Å². The van der Waals surface area contributed by atoms with Crippen molar-refractivity contribution >= 4 is 93.2 Å². The van der Waals surface area contributed by atoms with Crippen LogP contribution in [0.2, 0.25) is 0 Å². The number of nitrogens with zero attached hydrogens (tertiary/aromatic N) is 6. The summed E-state index contributed by atoms with van der Waals surface area (Å²) in [6.45, 7) is 8.92. The molecule has 15 rings (SSSR count). The molecule has 0 fully saturated rings. The number of hydrogen-bond acceptors (Lipinski definition) is 5. The van der Waals surface area contributed by atoms with Gasteiger partial charge in [0, 0.05) is 60.3 Å². The van der Waals surface area contributed by atoms with Crippen molar-refractivity contribution in [3.05, 3.63) is 230 Å². The molecule has 0 bridgehead atoms. The molecule has 0 unspecified atom stereocenters. The molecule has 8 heteroatoms. The number of hydrogen-bond donors (Lipinski definition) is 0. The van der Waals surface area contributed by atoms with E-state index < -0.39 is 0 Å². The largest absolute Gasteiger partial charge is 0.455 e. The minimum Gasteiger partial charge on any atom is -0.455 e. The molecule has 0 aliphatic heterocycles. The maximum absolute atomic E-state index is 8.92. The number of rotatable bonds is 6. The minimum absolute atomic E-state index is 0.493. The third-order valence-electron chi connectivity index (χ3n) is 14.2. The summed E-state index contributed by atoms with van der Waals surface area (Å²) >= 11 is 0. The molecule has 5 aromatic heterocycles. The highest BCUT2D eigenvalue weighted by atomic mass is 16.3. The fraction of sp³-hybridized carbons (Fsp3) is 0. The molecule has 0 aliphatic rings. The Bertz CT molecular complexity index is 4710. The predicted octanol–water partition coefficient (Wildman–Crippen LogP) is 17.1. The average molecular weight is 921 g/mol. The Kier molecular flexibility index (Phi) is 8.55. The van der Waals surface area contributed by atoms with Gasteiger partial charge in [0.15, 0.2) is 23.2 Å². The highest BCUT2D eigenvalue weighted by Gasteiger charge is 2.26. The maximum Gasteiger partial charge on any atom is 0.197 e. The average Bonchev–Trinajstić information content (AvgIpc) is 4.21. The third-order valence-corrected chi connectivity index (χ3v) is 14.2. The summed E-state index contributed by atoms with van der Waals surface area (Å²) in [6, 6.07) is 74.6. The minimum atomic E-state index is 0.493. The van der Waals surface area contributed by atoms with Crippen molar-refractivity contribution < 1.29 is 8.83 Å². The van der Waals surface area contributed by atoms with Crippen molar-refractivity contribution in [3.63, 3.8) is 0 Å². The second kappa shape index (κ2) is 15.5. The van der Waals surface area contributed by atoms with Crippen LogP contribution in [-0.2, 0) is 0 Å². The summed E-state index contributed by atoms with van der Waals surface area (Å²) in [7, 11) is 0. The first-order chi connectivity index (χ1) is 35.7. The van der Waals surface area contributed by atoms with Crippen LogP contribution >= 0.6 is 0 Å². The van der Waals surface area contributed by atoms with Crippen LogP contribution in [0.25, 0.3) is 149 Å². The van der Waals surface area contributed by atoms with Crippen LogP contribution in [0.15, 0.2) is 227 Å². The number of benzene rings is 10. The first-order valence-corrected chi connectivity index (χ1v) is 23.9. The molecule has 0 atom stereocenters. The first kappa shape index (κ1) is 39.9. The van der Waals surface area contributed by atoms with E-state index in [9.17, 15) is 0 Å². The maximum atomic E-state index is 8.92. The monoisotopic (exact) mass is 920 g/mol. The van der Waals surface area contributed by atoms with Gasteiger partial charge in [-0.2, -0.15) is 0 Å². The standard InChI is InChI=1S/C64H36N6O2/c1-65-48-25-16-28-52(70-50-27-13-9-24-46(50)59-54(70)36-33-44-42-22-11-15-30-56(42)72-61(44)59)57(48)47-37-40(64-67-62(38-17-4-2-5-18-38)66-63(68-64)39-19-6-3-7-20-39)31-34-51(47)69-49-26-12-8-23-45(49)58-53(69)35-32-43-41-21-10-14-29-55(41)71-60(43)58/h2-37H. The Balaban J connectivity index is 1.07. The Labute approximate surface area is 410 Å². The zero-order chi connectivity index (χ0) is 47.4. The third kappa shape index (κ3) is 5.82. The van der Waals surface area contributed by atoms with Crippen molar-refractivity contribution in [1.82, 2.24) is 24.1 Å². The lowest BCUT2D eigenvalue weighted by atomic mass is 9.96. The fourth-order valence-electron chi connectivity index (χ4n) is 11.1. The van der Waals surface area contributed by atoms with Gasteiger partial charge >= 0.3 is 0 Å². The highest BCUT2D eigenvalue weighted by molar-refractivity contribution is 6.25. The molecule has 0 N–H and O–H groups in total. The molecule has 15 aromatic rings. The van der Waals surface area contributed by atoms with E-state index in [1.165, 1.54) is 0 Å². The second-order valence-corrected chi connectivity index (χ2v) is 18.1. The number of para-hydroxylation sites is 4. The fourth-order valence-corrected chi connectivity index (χ4v) is 11.1. The van der Waals surface area contributed by atoms with Crippen molar-refractivity contribution in [2.24, 2.45) is 0 Å². The van der Waals surface area contributed by atoms with Gasteiger partial charge in [0.2, 0.25) is 0 Å². The van der Waals surface area contributed by atoms with E-state index in [0.717, 1.165) is 127 Å². The molecule has 0 spiro atoms. The van der Waals surface area contributed by atoms with E-state index in [-0.39, 0.29) is 0 Å². The summed E-state index contributed by atoms with van der Waals surface area (Å²) in [5, 5.41) is 8.38. The van der Waals surface area contributed by atoms with Crippen LogP contribution < -0.4 is 0 Å².